The van der Waals surface area contributed by atoms with Crippen molar-refractivity contribution in [3.63, 3.8) is 0 Å². The molecule has 0 radical (unpaired) electrons. The summed E-state index contributed by atoms with van der Waals surface area (Å²) >= 11 is 1.12. The molecule has 1 aliphatic heterocycles. The molecule has 2 atom stereocenters. The number of fused-ring (bicyclic) bond motifs is 1. The van der Waals surface area contributed by atoms with E-state index in [9.17, 15) is 23.9 Å². The number of hydrogen-bond acceptors (Lipinski definition) is 8. The molecular weight excluding hydrogens is 513 g/mol. The highest BCUT2D eigenvalue weighted by atomic mass is 32.1. The van der Waals surface area contributed by atoms with Gasteiger partial charge in [-0.3, -0.25) is 19.3 Å². The van der Waals surface area contributed by atoms with Crippen molar-refractivity contribution in [2.45, 2.75) is 46.8 Å². The van der Waals surface area contributed by atoms with Crippen molar-refractivity contribution in [3.8, 4) is 10.8 Å². The van der Waals surface area contributed by atoms with Crippen LogP contribution in [0.1, 0.15) is 55.3 Å². The van der Waals surface area contributed by atoms with Crippen LogP contribution >= 0.6 is 11.3 Å². The topological polar surface area (TPSA) is 127 Å². The first-order valence-electron chi connectivity index (χ1n) is 12.1. The second kappa shape index (κ2) is 10.3. The predicted octanol–water partition coefficient (Wildman–Crippen LogP) is 3.21. The maximum Gasteiger partial charge on any atom is 0.239 e. The van der Waals surface area contributed by atoms with Crippen LogP contribution in [0.15, 0.2) is 30.6 Å². The van der Waals surface area contributed by atoms with Gasteiger partial charge in [0, 0.05) is 17.2 Å². The Morgan fingerprint density at radius 2 is 1.89 bits per heavy atom. The molecule has 2 amide bonds. The first-order valence-corrected chi connectivity index (χ1v) is 12.9. The Bertz CT molecular complexity index is 1380. The van der Waals surface area contributed by atoms with Crippen molar-refractivity contribution >= 4 is 33.9 Å². The van der Waals surface area contributed by atoms with Crippen molar-refractivity contribution in [1.29, 1.82) is 0 Å². The number of β-amino-alcohol motifs (C(OH)–C–C–N with tert-alkyl or cyclic N) is 1. The second-order valence-electron chi connectivity index (χ2n) is 10.0. The highest BCUT2D eigenvalue weighted by Crippen LogP contribution is 2.47. The molecule has 2 aromatic heterocycles. The third kappa shape index (κ3) is 4.69. The molecule has 3 aromatic rings. The molecule has 38 heavy (non-hydrogen) atoms. The molecule has 0 fully saturated rings. The lowest BCUT2D eigenvalue weighted by atomic mass is 9.71. The Labute approximate surface area is 223 Å². The number of ketones is 1. The molecule has 1 aromatic carbocycles. The Kier molecular flexibility index (Phi) is 7.39. The smallest absolute Gasteiger partial charge is 0.239 e. The zero-order chi connectivity index (χ0) is 27.9. The number of aliphatic hydroxyl groups excluding tert-OH is 1. The van der Waals surface area contributed by atoms with Crippen molar-refractivity contribution in [2.24, 2.45) is 11.3 Å². The van der Waals surface area contributed by atoms with E-state index in [1.165, 1.54) is 41.3 Å². The monoisotopic (exact) mass is 543 g/mol. The molecular formula is C26H30FN5O5S. The number of amides is 2. The van der Waals surface area contributed by atoms with Gasteiger partial charge in [-0.2, -0.15) is 10.2 Å². The van der Waals surface area contributed by atoms with E-state index in [1.807, 2.05) is 0 Å². The molecule has 2 N–H and O–H groups in total. The van der Waals surface area contributed by atoms with E-state index >= 15 is 0 Å². The van der Waals surface area contributed by atoms with Gasteiger partial charge in [-0.15, -0.1) is 4.80 Å². The third-order valence-corrected chi connectivity index (χ3v) is 7.88. The fourth-order valence-corrected chi connectivity index (χ4v) is 5.86. The van der Waals surface area contributed by atoms with E-state index in [0.29, 0.717) is 15.6 Å². The number of aliphatic hydroxyl groups is 1. The summed E-state index contributed by atoms with van der Waals surface area (Å²) in [6, 6.07) is 3.53. The molecule has 12 heteroatoms. The second-order valence-corrected chi connectivity index (χ2v) is 11.0. The lowest BCUT2D eigenvalue weighted by Gasteiger charge is -2.39. The van der Waals surface area contributed by atoms with Gasteiger partial charge >= 0.3 is 0 Å². The Morgan fingerprint density at radius 1 is 1.24 bits per heavy atom. The van der Waals surface area contributed by atoms with E-state index in [4.69, 9.17) is 4.74 Å². The summed E-state index contributed by atoms with van der Waals surface area (Å²) < 4.78 is 19.3. The van der Waals surface area contributed by atoms with Crippen molar-refractivity contribution in [3.05, 3.63) is 53.1 Å². The molecule has 202 valence electrons. The minimum absolute atomic E-state index is 0.148. The molecule has 3 heterocycles. The number of halogens is 1. The van der Waals surface area contributed by atoms with Crippen molar-refractivity contribution in [1.82, 2.24) is 20.3 Å². The molecule has 0 saturated heterocycles. The summed E-state index contributed by atoms with van der Waals surface area (Å²) in [4.78, 5) is 43.7. The molecule has 0 bridgehead atoms. The van der Waals surface area contributed by atoms with E-state index in [2.05, 4.69) is 15.5 Å². The molecule has 1 unspecified atom stereocenters. The van der Waals surface area contributed by atoms with Gasteiger partial charge in [-0.1, -0.05) is 11.3 Å². The maximum atomic E-state index is 14.1. The zero-order valence-electron chi connectivity index (χ0n) is 22.0. The number of nitrogens with one attached hydrogen (secondary N) is 1. The molecule has 1 aliphatic rings. The number of anilines is 1. The van der Waals surface area contributed by atoms with Gasteiger partial charge in [0.05, 0.1) is 37.0 Å². The van der Waals surface area contributed by atoms with Crippen molar-refractivity contribution < 1.29 is 28.6 Å². The highest BCUT2D eigenvalue weighted by molar-refractivity contribution is 7.19. The van der Waals surface area contributed by atoms with Gasteiger partial charge in [0.1, 0.15) is 33.6 Å². The number of thiophene rings is 1. The van der Waals surface area contributed by atoms with Crippen LogP contribution in [-0.2, 0) is 9.59 Å². The third-order valence-electron chi connectivity index (χ3n) is 6.60. The molecule has 0 saturated carbocycles. The predicted molar refractivity (Wildman–Crippen MR) is 139 cm³/mol. The average molecular weight is 544 g/mol. The summed E-state index contributed by atoms with van der Waals surface area (Å²) in [5.41, 5.74) is -0.453. The fraction of sp³-hybridized carbons (Fsp3) is 0.423. The summed E-state index contributed by atoms with van der Waals surface area (Å²) in [5.74, 6) is -3.27. The van der Waals surface area contributed by atoms with Crippen LogP contribution in [0, 0.1) is 24.1 Å². The first kappa shape index (κ1) is 27.4. The lowest BCUT2D eigenvalue weighted by Crippen LogP contribution is -2.56. The fourth-order valence-electron chi connectivity index (χ4n) is 4.62. The Morgan fingerprint density at radius 3 is 2.50 bits per heavy atom. The highest BCUT2D eigenvalue weighted by Gasteiger charge is 2.53. The van der Waals surface area contributed by atoms with Crippen LogP contribution in [0.5, 0.6) is 5.75 Å². The standard InChI is InChI=1S/C26H30FN5O5S/c1-13(2)30-25(36)26(4,5)20-21(34)19-14(3)23(32-28-9-10-29-32)38-24(19)31(22(20)35)12-17(33)16-11-15(27)7-8-18(16)37-6/h7-11,13,17,20,33H,12H2,1-6H3,(H,30,36)/t17-,20?/m0/s1. The van der Waals surface area contributed by atoms with E-state index in [0.717, 1.165) is 17.4 Å². The van der Waals surface area contributed by atoms with Gasteiger partial charge < -0.3 is 15.2 Å². The van der Waals surface area contributed by atoms with Crippen LogP contribution in [0.25, 0.3) is 5.00 Å². The van der Waals surface area contributed by atoms with Crippen molar-refractivity contribution in [2.75, 3.05) is 18.6 Å². The number of carbonyl (C=O) groups excluding carboxylic acids is 3. The number of aromatic nitrogens is 3. The zero-order valence-corrected chi connectivity index (χ0v) is 22.8. The number of rotatable bonds is 8. The van der Waals surface area contributed by atoms with E-state index in [1.54, 1.807) is 34.6 Å². The number of methoxy groups -OCH3 is 1. The summed E-state index contributed by atoms with van der Waals surface area (Å²) in [6.45, 7) is 8.11. The quantitative estimate of drug-likeness (QED) is 0.418. The van der Waals surface area contributed by atoms with Gasteiger partial charge in [-0.25, -0.2) is 4.39 Å². The van der Waals surface area contributed by atoms with Crippen LogP contribution in [0.4, 0.5) is 9.39 Å². The minimum atomic E-state index is -1.41. The number of ether oxygens (including phenoxy) is 1. The van der Waals surface area contributed by atoms with Gasteiger partial charge in [0.15, 0.2) is 5.78 Å². The van der Waals surface area contributed by atoms with Gasteiger partial charge in [0.25, 0.3) is 0 Å². The maximum absolute atomic E-state index is 14.1. The van der Waals surface area contributed by atoms with Crippen LogP contribution in [0.2, 0.25) is 0 Å². The van der Waals surface area contributed by atoms with Crippen LogP contribution in [-0.4, -0.2) is 57.4 Å². The first-order chi connectivity index (χ1) is 17.9. The Hall–Kier alpha value is -3.64. The summed E-state index contributed by atoms with van der Waals surface area (Å²) in [5, 5.41) is 23.1. The summed E-state index contributed by atoms with van der Waals surface area (Å²) in [6.07, 6.45) is 1.63. The number of hydrogen-bond donors (Lipinski definition) is 2. The average Bonchev–Trinajstić information content (AvgIpc) is 3.49. The van der Waals surface area contributed by atoms with E-state index < -0.39 is 40.9 Å². The number of nitrogens with zero attached hydrogens (tertiary/aromatic N) is 4. The number of benzene rings is 1. The largest absolute Gasteiger partial charge is 0.496 e. The van der Waals surface area contributed by atoms with Crippen LogP contribution in [0.3, 0.4) is 0 Å². The lowest BCUT2D eigenvalue weighted by molar-refractivity contribution is -0.138. The normalized spacial score (nSPS) is 16.6. The molecule has 4 rings (SSSR count). The molecule has 10 nitrogen and oxygen atoms in total. The van der Waals surface area contributed by atoms with E-state index in [-0.39, 0.29) is 29.5 Å². The molecule has 0 aliphatic carbocycles. The van der Waals surface area contributed by atoms with Crippen LogP contribution < -0.4 is 15.0 Å². The van der Waals surface area contributed by atoms with Gasteiger partial charge in [0.2, 0.25) is 11.8 Å². The SMILES string of the molecule is COc1ccc(F)cc1[C@@H](O)CN1C(=O)C(C(C)(C)C(=O)NC(C)C)C(=O)c2c1sc(-n1nccn1)c2C. The molecule has 0 spiro atoms. The van der Waals surface area contributed by atoms with Gasteiger partial charge in [-0.05, 0) is 52.8 Å². The number of carbonyl (C=O) groups is 3. The Balaban J connectivity index is 1.84. The number of Topliss-reactive ketones (excluding diaryl/α,β-unsaturated/α-hetero) is 1. The minimum Gasteiger partial charge on any atom is -0.496 e. The summed E-state index contributed by atoms with van der Waals surface area (Å²) in [7, 11) is 1.39.